The van der Waals surface area contributed by atoms with Gasteiger partial charge in [0.1, 0.15) is 23.4 Å². The van der Waals surface area contributed by atoms with E-state index in [-0.39, 0.29) is 17.4 Å². The molecule has 8 heteroatoms. The van der Waals surface area contributed by atoms with Gasteiger partial charge in [0.2, 0.25) is 0 Å². The van der Waals surface area contributed by atoms with Crippen molar-refractivity contribution in [3.8, 4) is 11.5 Å². The lowest BCUT2D eigenvalue weighted by molar-refractivity contribution is -0.132. The standard InChI is InChI=1S/C33H32N2O5S/c1-5-6-12-39-24-9-7-8-21(17-24)29-27(30(36)22-10-11-25-23(16-22)15-20(4)40-25)31(37)32(38)35(29)33-34-28-19(3)13-18(2)14-26(28)41-33/h7-11,13-14,16-17,20,29,36H,5-6,12,15H2,1-4H3. The van der Waals surface area contributed by atoms with Crippen LogP contribution in [-0.4, -0.2) is 34.5 Å². The number of hydrogen-bond acceptors (Lipinski definition) is 7. The van der Waals surface area contributed by atoms with E-state index in [0.717, 1.165) is 45.5 Å². The second-order valence-electron chi connectivity index (χ2n) is 10.8. The molecule has 1 saturated heterocycles. The summed E-state index contributed by atoms with van der Waals surface area (Å²) in [6, 6.07) is 16.0. The number of Topliss-reactive ketones (excluding diaryl/α,β-unsaturated/α-hetero) is 1. The van der Waals surface area contributed by atoms with Gasteiger partial charge in [-0.2, -0.15) is 0 Å². The molecule has 41 heavy (non-hydrogen) atoms. The van der Waals surface area contributed by atoms with Gasteiger partial charge in [-0.1, -0.05) is 42.9 Å². The van der Waals surface area contributed by atoms with E-state index in [1.54, 1.807) is 12.1 Å². The minimum atomic E-state index is -0.880. The summed E-state index contributed by atoms with van der Waals surface area (Å²) in [6.45, 7) is 8.65. The molecule has 210 valence electrons. The van der Waals surface area contributed by atoms with Crippen LogP contribution in [0.4, 0.5) is 5.13 Å². The maximum atomic E-state index is 13.7. The SMILES string of the molecule is CCCCOc1cccc(C2C(=C(O)c3ccc4c(c3)CC(C)O4)C(=O)C(=O)N2c2nc3c(C)cc(C)cc3s2)c1. The lowest BCUT2D eigenvalue weighted by Crippen LogP contribution is -2.29. The van der Waals surface area contributed by atoms with Crippen LogP contribution in [0.2, 0.25) is 0 Å². The molecule has 2 aliphatic heterocycles. The summed E-state index contributed by atoms with van der Waals surface area (Å²) in [5, 5.41) is 12.1. The highest BCUT2D eigenvalue weighted by molar-refractivity contribution is 7.22. The quantitative estimate of drug-likeness (QED) is 0.111. The Morgan fingerprint density at radius 3 is 2.78 bits per heavy atom. The molecular formula is C33H32N2O5S. The fraction of sp³-hybridized carbons (Fsp3) is 0.303. The highest BCUT2D eigenvalue weighted by atomic mass is 32.1. The Kier molecular flexibility index (Phi) is 7.03. The number of carbonyl (C=O) groups excluding carboxylic acids is 2. The molecule has 1 amide bonds. The van der Waals surface area contributed by atoms with E-state index < -0.39 is 17.7 Å². The van der Waals surface area contributed by atoms with Crippen LogP contribution in [0, 0.1) is 13.8 Å². The molecule has 7 nitrogen and oxygen atoms in total. The molecule has 2 unspecified atom stereocenters. The summed E-state index contributed by atoms with van der Waals surface area (Å²) in [5.41, 5.74) is 4.99. The molecule has 0 spiro atoms. The number of benzene rings is 3. The van der Waals surface area contributed by atoms with Gasteiger partial charge in [0.05, 0.1) is 28.4 Å². The van der Waals surface area contributed by atoms with Gasteiger partial charge in [0.25, 0.3) is 5.78 Å². The molecule has 4 aromatic rings. The number of anilines is 1. The minimum Gasteiger partial charge on any atom is -0.507 e. The number of aliphatic hydroxyl groups is 1. The van der Waals surface area contributed by atoms with E-state index in [0.29, 0.717) is 35.0 Å². The van der Waals surface area contributed by atoms with Crippen LogP contribution in [-0.2, 0) is 16.0 Å². The monoisotopic (exact) mass is 568 g/mol. The number of aliphatic hydroxyl groups excluding tert-OH is 1. The third kappa shape index (κ3) is 4.86. The number of hydrogen-bond donors (Lipinski definition) is 1. The van der Waals surface area contributed by atoms with E-state index >= 15 is 0 Å². The summed E-state index contributed by atoms with van der Waals surface area (Å²) < 4.78 is 12.7. The number of fused-ring (bicyclic) bond motifs is 2. The normalized spacial score (nSPS) is 19.6. The predicted molar refractivity (Wildman–Crippen MR) is 161 cm³/mol. The van der Waals surface area contributed by atoms with Crippen molar-refractivity contribution in [1.29, 1.82) is 0 Å². The highest BCUT2D eigenvalue weighted by Gasteiger charge is 2.48. The lowest BCUT2D eigenvalue weighted by Gasteiger charge is -2.23. The van der Waals surface area contributed by atoms with E-state index in [1.165, 1.54) is 16.2 Å². The molecule has 2 aliphatic rings. The zero-order chi connectivity index (χ0) is 28.8. The van der Waals surface area contributed by atoms with Gasteiger partial charge in [-0.25, -0.2) is 4.98 Å². The Balaban J connectivity index is 1.51. The Bertz CT molecular complexity index is 1720. The maximum Gasteiger partial charge on any atom is 0.301 e. The predicted octanol–water partition coefficient (Wildman–Crippen LogP) is 7.04. The number of rotatable bonds is 7. The van der Waals surface area contributed by atoms with Gasteiger partial charge in [-0.15, -0.1) is 0 Å². The van der Waals surface area contributed by atoms with Gasteiger partial charge in [-0.3, -0.25) is 14.5 Å². The van der Waals surface area contributed by atoms with Crippen LogP contribution in [0.5, 0.6) is 11.5 Å². The number of thiazole rings is 1. The number of nitrogens with zero attached hydrogens (tertiary/aromatic N) is 2. The van der Waals surface area contributed by atoms with Crippen LogP contribution < -0.4 is 14.4 Å². The fourth-order valence-electron chi connectivity index (χ4n) is 5.64. The third-order valence-electron chi connectivity index (χ3n) is 7.58. The van der Waals surface area contributed by atoms with E-state index in [1.807, 2.05) is 63.2 Å². The highest BCUT2D eigenvalue weighted by Crippen LogP contribution is 2.45. The van der Waals surface area contributed by atoms with Crippen molar-refractivity contribution in [1.82, 2.24) is 4.98 Å². The van der Waals surface area contributed by atoms with Gasteiger partial charge in [0, 0.05) is 12.0 Å². The van der Waals surface area contributed by atoms with Gasteiger partial charge < -0.3 is 14.6 Å². The first-order valence-electron chi connectivity index (χ1n) is 14.0. The molecule has 3 aromatic carbocycles. The Labute approximate surface area is 243 Å². The smallest absolute Gasteiger partial charge is 0.301 e. The third-order valence-corrected chi connectivity index (χ3v) is 8.58. The summed E-state index contributed by atoms with van der Waals surface area (Å²) in [4.78, 5) is 33.7. The van der Waals surface area contributed by atoms with Crippen molar-refractivity contribution in [2.24, 2.45) is 0 Å². The molecule has 3 heterocycles. The van der Waals surface area contributed by atoms with Crippen molar-refractivity contribution in [2.75, 3.05) is 11.5 Å². The Morgan fingerprint density at radius 1 is 1.15 bits per heavy atom. The molecular weight excluding hydrogens is 536 g/mol. The van der Waals surface area contributed by atoms with Crippen molar-refractivity contribution in [3.63, 3.8) is 0 Å². The maximum absolute atomic E-state index is 13.7. The summed E-state index contributed by atoms with van der Waals surface area (Å²) >= 11 is 1.36. The zero-order valence-corrected chi connectivity index (χ0v) is 24.4. The zero-order valence-electron chi connectivity index (χ0n) is 23.6. The van der Waals surface area contributed by atoms with Crippen molar-refractivity contribution in [3.05, 3.63) is 88.0 Å². The number of carbonyl (C=O) groups is 2. The second-order valence-corrected chi connectivity index (χ2v) is 11.8. The first-order chi connectivity index (χ1) is 19.7. The van der Waals surface area contributed by atoms with E-state index in [9.17, 15) is 14.7 Å². The summed E-state index contributed by atoms with van der Waals surface area (Å²) in [5.74, 6) is -0.282. The molecule has 1 fully saturated rings. The topological polar surface area (TPSA) is 89.0 Å². The largest absolute Gasteiger partial charge is 0.507 e. The first kappa shape index (κ1) is 27.0. The molecule has 0 bridgehead atoms. The first-order valence-corrected chi connectivity index (χ1v) is 14.8. The molecule has 0 saturated carbocycles. The van der Waals surface area contributed by atoms with Crippen LogP contribution >= 0.6 is 11.3 Å². The second kappa shape index (κ2) is 10.7. The van der Waals surface area contributed by atoms with Crippen LogP contribution in [0.15, 0.2) is 60.2 Å². The number of amides is 1. The van der Waals surface area contributed by atoms with Gasteiger partial charge in [0.15, 0.2) is 5.13 Å². The summed E-state index contributed by atoms with van der Waals surface area (Å²) in [7, 11) is 0. The van der Waals surface area contributed by atoms with Gasteiger partial charge >= 0.3 is 5.91 Å². The van der Waals surface area contributed by atoms with E-state index in [4.69, 9.17) is 14.5 Å². The Hall–Kier alpha value is -4.17. The van der Waals surface area contributed by atoms with Crippen LogP contribution in [0.25, 0.3) is 16.0 Å². The summed E-state index contributed by atoms with van der Waals surface area (Å²) in [6.07, 6.45) is 2.65. The van der Waals surface area contributed by atoms with Crippen molar-refractivity contribution < 1.29 is 24.2 Å². The van der Waals surface area contributed by atoms with Crippen molar-refractivity contribution in [2.45, 2.75) is 59.1 Å². The molecule has 6 rings (SSSR count). The molecule has 0 radical (unpaired) electrons. The number of aryl methyl sites for hydroxylation is 2. The van der Waals surface area contributed by atoms with Crippen molar-refractivity contribution >= 4 is 44.1 Å². The van der Waals surface area contributed by atoms with Crippen LogP contribution in [0.1, 0.15) is 60.5 Å². The minimum absolute atomic E-state index is 0.0276. The van der Waals surface area contributed by atoms with E-state index in [2.05, 4.69) is 6.92 Å². The lowest BCUT2D eigenvalue weighted by atomic mass is 9.94. The number of unbranched alkanes of at least 4 members (excludes halogenated alkanes) is 1. The average molecular weight is 569 g/mol. The number of ether oxygens (including phenoxy) is 2. The average Bonchev–Trinajstić information content (AvgIpc) is 3.61. The number of aromatic nitrogens is 1. The molecule has 1 aromatic heterocycles. The Morgan fingerprint density at radius 2 is 1.98 bits per heavy atom. The van der Waals surface area contributed by atoms with Gasteiger partial charge in [-0.05, 0) is 85.8 Å². The molecule has 1 N–H and O–H groups in total. The fourth-order valence-corrected chi connectivity index (χ4v) is 6.81. The molecule has 2 atom stereocenters. The number of ketones is 1. The van der Waals surface area contributed by atoms with Crippen LogP contribution in [0.3, 0.4) is 0 Å². The molecule has 0 aliphatic carbocycles.